The van der Waals surface area contributed by atoms with Crippen LogP contribution in [0.2, 0.25) is 0 Å². The largest absolute Gasteiger partial charge is 0.459 e. The van der Waals surface area contributed by atoms with Gasteiger partial charge >= 0.3 is 5.97 Å². The predicted molar refractivity (Wildman–Crippen MR) is 73.9 cm³/mol. The Morgan fingerprint density at radius 1 is 1.05 bits per heavy atom. The number of ether oxygens (including phenoxy) is 1. The second-order valence-electron chi connectivity index (χ2n) is 4.40. The summed E-state index contributed by atoms with van der Waals surface area (Å²) in [6.45, 7) is 3.95. The third-order valence-electron chi connectivity index (χ3n) is 2.87. The van der Waals surface area contributed by atoms with Crippen molar-refractivity contribution in [3.8, 4) is 0 Å². The van der Waals surface area contributed by atoms with Gasteiger partial charge in [0, 0.05) is 0 Å². The monoisotopic (exact) mass is 254 g/mol. The highest BCUT2D eigenvalue weighted by Crippen LogP contribution is 2.19. The number of nitrogens with two attached hydrogens (primary N) is 1. The molecule has 1 atom stereocenters. The highest BCUT2D eigenvalue weighted by Gasteiger charge is 2.32. The molecule has 0 saturated carbocycles. The van der Waals surface area contributed by atoms with E-state index >= 15 is 0 Å². The van der Waals surface area contributed by atoms with Crippen LogP contribution in [0.1, 0.15) is 11.1 Å². The van der Waals surface area contributed by atoms with Gasteiger partial charge in [0.05, 0.1) is 0 Å². The second-order valence-corrected chi connectivity index (χ2v) is 4.40. The standard InChI is InChI=1S/C16H16NO2/c1-16(17,14-10-6-3-7-11-14)15(18)19-12-13-8-4-2-5-9-13/h2-11H,1,12,17H2/t16-/m1/s1. The molecule has 2 N–H and O–H groups in total. The highest BCUT2D eigenvalue weighted by molar-refractivity contribution is 5.83. The van der Waals surface area contributed by atoms with Gasteiger partial charge < -0.3 is 10.5 Å². The van der Waals surface area contributed by atoms with Crippen molar-refractivity contribution < 1.29 is 9.53 Å². The Kier molecular flexibility index (Phi) is 3.97. The van der Waals surface area contributed by atoms with Crippen LogP contribution < -0.4 is 5.73 Å². The molecule has 0 bridgehead atoms. The molecule has 0 aliphatic heterocycles. The van der Waals surface area contributed by atoms with Crippen molar-refractivity contribution in [2.75, 3.05) is 0 Å². The maximum Gasteiger partial charge on any atom is 0.331 e. The van der Waals surface area contributed by atoms with E-state index in [2.05, 4.69) is 6.92 Å². The van der Waals surface area contributed by atoms with E-state index in [9.17, 15) is 4.79 Å². The molecule has 0 spiro atoms. The molecule has 0 amide bonds. The molecule has 2 aromatic carbocycles. The average molecular weight is 254 g/mol. The summed E-state index contributed by atoms with van der Waals surface area (Å²) < 4.78 is 5.22. The van der Waals surface area contributed by atoms with Crippen molar-refractivity contribution in [3.63, 3.8) is 0 Å². The van der Waals surface area contributed by atoms with E-state index in [0.717, 1.165) is 5.56 Å². The molecular formula is C16H16NO2. The average Bonchev–Trinajstić information content (AvgIpc) is 2.46. The van der Waals surface area contributed by atoms with E-state index in [0.29, 0.717) is 5.56 Å². The summed E-state index contributed by atoms with van der Waals surface area (Å²) in [6.07, 6.45) is 0. The van der Waals surface area contributed by atoms with Gasteiger partial charge in [-0.3, -0.25) is 0 Å². The Hall–Kier alpha value is -2.13. The first kappa shape index (κ1) is 13.3. The second kappa shape index (κ2) is 5.67. The Morgan fingerprint density at radius 3 is 2.16 bits per heavy atom. The summed E-state index contributed by atoms with van der Waals surface area (Å²) in [5.74, 6) is -0.539. The van der Waals surface area contributed by atoms with Gasteiger partial charge in [-0.2, -0.15) is 0 Å². The molecule has 2 rings (SSSR count). The Labute approximate surface area is 113 Å². The number of carbonyl (C=O) groups is 1. The Balaban J connectivity index is 2.03. The Morgan fingerprint density at radius 2 is 1.58 bits per heavy atom. The predicted octanol–water partition coefficient (Wildman–Crippen LogP) is 2.42. The van der Waals surface area contributed by atoms with E-state index < -0.39 is 11.5 Å². The third kappa shape index (κ3) is 3.20. The number of hydrogen-bond acceptors (Lipinski definition) is 3. The zero-order valence-corrected chi connectivity index (χ0v) is 10.6. The molecule has 0 aliphatic rings. The maximum absolute atomic E-state index is 12.0. The summed E-state index contributed by atoms with van der Waals surface area (Å²) in [5, 5.41) is 0. The van der Waals surface area contributed by atoms with Gasteiger partial charge in [0.25, 0.3) is 0 Å². The molecule has 1 radical (unpaired) electrons. The molecule has 97 valence electrons. The summed E-state index contributed by atoms with van der Waals surface area (Å²) in [7, 11) is 0. The van der Waals surface area contributed by atoms with Gasteiger partial charge in [0.15, 0.2) is 0 Å². The van der Waals surface area contributed by atoms with Crippen LogP contribution in [0.5, 0.6) is 0 Å². The van der Waals surface area contributed by atoms with Crippen LogP contribution in [0, 0.1) is 6.92 Å². The van der Waals surface area contributed by atoms with Gasteiger partial charge in [-0.05, 0) is 18.1 Å². The van der Waals surface area contributed by atoms with Crippen LogP contribution in [-0.4, -0.2) is 5.97 Å². The molecule has 0 fully saturated rings. The van der Waals surface area contributed by atoms with E-state index in [4.69, 9.17) is 10.5 Å². The molecule has 19 heavy (non-hydrogen) atoms. The number of carbonyl (C=O) groups excluding carboxylic acids is 1. The molecular weight excluding hydrogens is 238 g/mol. The van der Waals surface area contributed by atoms with Crippen LogP contribution in [0.4, 0.5) is 0 Å². The lowest BCUT2D eigenvalue weighted by molar-refractivity contribution is -0.150. The van der Waals surface area contributed by atoms with E-state index in [1.807, 2.05) is 48.5 Å². The molecule has 2 aromatic rings. The quantitative estimate of drug-likeness (QED) is 0.852. The number of benzene rings is 2. The topological polar surface area (TPSA) is 52.3 Å². The molecule has 0 heterocycles. The van der Waals surface area contributed by atoms with Crippen LogP contribution in [0.25, 0.3) is 0 Å². The molecule has 0 unspecified atom stereocenters. The van der Waals surface area contributed by atoms with Crippen molar-refractivity contribution >= 4 is 5.97 Å². The van der Waals surface area contributed by atoms with Crippen molar-refractivity contribution in [2.24, 2.45) is 5.73 Å². The summed E-state index contributed by atoms with van der Waals surface area (Å²) >= 11 is 0. The van der Waals surface area contributed by atoms with Crippen LogP contribution >= 0.6 is 0 Å². The minimum atomic E-state index is -1.38. The smallest absolute Gasteiger partial charge is 0.331 e. The van der Waals surface area contributed by atoms with E-state index in [1.165, 1.54) is 0 Å². The zero-order valence-electron chi connectivity index (χ0n) is 10.6. The first-order valence-electron chi connectivity index (χ1n) is 6.01. The van der Waals surface area contributed by atoms with E-state index in [-0.39, 0.29) is 6.61 Å². The molecule has 3 nitrogen and oxygen atoms in total. The van der Waals surface area contributed by atoms with Gasteiger partial charge in [-0.25, -0.2) is 4.79 Å². The lowest BCUT2D eigenvalue weighted by Crippen LogP contribution is -2.43. The Bertz CT molecular complexity index is 535. The van der Waals surface area contributed by atoms with Crippen molar-refractivity contribution in [2.45, 2.75) is 12.1 Å². The van der Waals surface area contributed by atoms with Crippen molar-refractivity contribution in [1.82, 2.24) is 0 Å². The minimum absolute atomic E-state index is 0.195. The third-order valence-corrected chi connectivity index (χ3v) is 2.87. The minimum Gasteiger partial charge on any atom is -0.459 e. The molecule has 0 aliphatic carbocycles. The summed E-state index contributed by atoms with van der Waals surface area (Å²) in [5.41, 5.74) is 6.13. The van der Waals surface area contributed by atoms with Crippen molar-refractivity contribution in [3.05, 3.63) is 78.7 Å². The molecule has 0 aromatic heterocycles. The first-order chi connectivity index (χ1) is 9.10. The number of rotatable bonds is 4. The first-order valence-corrected chi connectivity index (χ1v) is 6.01. The number of esters is 1. The van der Waals surface area contributed by atoms with Gasteiger partial charge in [-0.1, -0.05) is 60.7 Å². The van der Waals surface area contributed by atoms with Crippen LogP contribution in [0.15, 0.2) is 60.7 Å². The SMILES string of the molecule is [CH2][C@](N)(C(=O)OCc1ccccc1)c1ccccc1. The normalized spacial score (nSPS) is 13.6. The van der Waals surface area contributed by atoms with Crippen LogP contribution in [0.3, 0.4) is 0 Å². The fourth-order valence-electron chi connectivity index (χ4n) is 1.71. The maximum atomic E-state index is 12.0. The zero-order chi connectivity index (χ0) is 13.7. The fraction of sp³-hybridized carbons (Fsp3) is 0.125. The van der Waals surface area contributed by atoms with Gasteiger partial charge in [-0.15, -0.1) is 0 Å². The van der Waals surface area contributed by atoms with Gasteiger partial charge in [0.1, 0.15) is 12.1 Å². The summed E-state index contributed by atoms with van der Waals surface area (Å²) in [4.78, 5) is 12.0. The number of hydrogen-bond donors (Lipinski definition) is 1. The van der Waals surface area contributed by atoms with Crippen molar-refractivity contribution in [1.29, 1.82) is 0 Å². The highest BCUT2D eigenvalue weighted by atomic mass is 16.5. The summed E-state index contributed by atoms with van der Waals surface area (Å²) in [6, 6.07) is 18.5. The van der Waals surface area contributed by atoms with Gasteiger partial charge in [0.2, 0.25) is 0 Å². The lowest BCUT2D eigenvalue weighted by atomic mass is 9.93. The lowest BCUT2D eigenvalue weighted by Gasteiger charge is -2.22. The van der Waals surface area contributed by atoms with E-state index in [1.54, 1.807) is 12.1 Å². The fourth-order valence-corrected chi connectivity index (χ4v) is 1.71. The van der Waals surface area contributed by atoms with Crippen LogP contribution in [-0.2, 0) is 21.7 Å². The molecule has 3 heteroatoms. The molecule has 0 saturated heterocycles.